The van der Waals surface area contributed by atoms with Crippen LogP contribution in [0.1, 0.15) is 31.8 Å². The number of nitrogens with one attached hydrogen (secondary N) is 2. The molecule has 0 radical (unpaired) electrons. The molecule has 0 heterocycles. The third kappa shape index (κ3) is 5.38. The molecule has 0 bridgehead atoms. The Morgan fingerprint density at radius 2 is 1.53 bits per heavy atom. The number of hydrogen-bond donors (Lipinski definition) is 2. The molecular weight excluding hydrogens is 462 g/mol. The second kappa shape index (κ2) is 9.71. The van der Waals surface area contributed by atoms with Gasteiger partial charge < -0.3 is 10.1 Å². The van der Waals surface area contributed by atoms with Gasteiger partial charge in [-0.25, -0.2) is 13.2 Å². The van der Waals surface area contributed by atoms with Crippen LogP contribution in [0.15, 0.2) is 65.6 Å². The second-order valence-electron chi connectivity index (χ2n) is 7.37. The lowest BCUT2D eigenvalue weighted by Crippen LogP contribution is -2.16. The molecule has 0 saturated carbocycles. The van der Waals surface area contributed by atoms with Crippen molar-refractivity contribution in [2.24, 2.45) is 0 Å². The average molecular weight is 484 g/mol. The van der Waals surface area contributed by atoms with Crippen molar-refractivity contribution in [2.75, 3.05) is 17.1 Å². The molecule has 0 unspecified atom stereocenters. The summed E-state index contributed by atoms with van der Waals surface area (Å²) in [5.74, 6) is -1.55. The van der Waals surface area contributed by atoms with Gasteiger partial charge in [0.05, 0.1) is 28.2 Å². The van der Waals surface area contributed by atoms with E-state index in [9.17, 15) is 28.1 Å². The van der Waals surface area contributed by atoms with Crippen LogP contribution < -0.4 is 10.0 Å². The van der Waals surface area contributed by atoms with Crippen LogP contribution in [0.3, 0.4) is 0 Å². The van der Waals surface area contributed by atoms with Crippen LogP contribution in [-0.4, -0.2) is 32.3 Å². The van der Waals surface area contributed by atoms with Gasteiger partial charge in [-0.05, 0) is 55.3 Å². The molecular formula is C23H21N3O7S. The first-order valence-corrected chi connectivity index (χ1v) is 11.4. The molecule has 0 saturated heterocycles. The Bertz CT molecular complexity index is 1360. The Morgan fingerprint density at radius 3 is 2.09 bits per heavy atom. The number of nitrogens with zero attached hydrogens (tertiary/aromatic N) is 1. The summed E-state index contributed by atoms with van der Waals surface area (Å²) in [5, 5.41) is 13.7. The predicted octanol–water partition coefficient (Wildman–Crippen LogP) is 4.05. The number of aryl methyl sites for hydroxylation is 2. The average Bonchev–Trinajstić information content (AvgIpc) is 2.81. The molecule has 176 valence electrons. The highest BCUT2D eigenvalue weighted by atomic mass is 32.2. The minimum Gasteiger partial charge on any atom is -0.465 e. The number of carbonyl (C=O) groups excluding carboxylic acids is 2. The minimum atomic E-state index is -3.88. The number of ether oxygens (including phenoxy) is 1. The summed E-state index contributed by atoms with van der Waals surface area (Å²) in [4.78, 5) is 34.8. The maximum atomic E-state index is 12.8. The van der Waals surface area contributed by atoms with Crippen molar-refractivity contribution in [1.29, 1.82) is 0 Å². The highest BCUT2D eigenvalue weighted by molar-refractivity contribution is 7.92. The summed E-state index contributed by atoms with van der Waals surface area (Å²) in [5.41, 5.74) is 1.55. The number of benzene rings is 3. The fourth-order valence-electron chi connectivity index (χ4n) is 3.17. The Kier molecular flexibility index (Phi) is 6.97. The van der Waals surface area contributed by atoms with Gasteiger partial charge in [0.15, 0.2) is 0 Å². The monoisotopic (exact) mass is 483 g/mol. The van der Waals surface area contributed by atoms with Crippen molar-refractivity contribution in [2.45, 2.75) is 18.7 Å². The molecule has 3 rings (SSSR count). The third-order valence-corrected chi connectivity index (χ3v) is 6.32. The molecule has 1 amide bonds. The van der Waals surface area contributed by atoms with E-state index in [0.717, 1.165) is 30.4 Å². The number of carbonyl (C=O) groups is 2. The van der Waals surface area contributed by atoms with Gasteiger partial charge in [-0.2, -0.15) is 0 Å². The SMILES string of the molecule is COC(=O)c1cc(C(=O)Nc2ccc(S(=O)(=O)Nc3c(C)cccc3C)cc2)cc([N+](=O)[O-])c1. The summed E-state index contributed by atoms with van der Waals surface area (Å²) >= 11 is 0. The van der Waals surface area contributed by atoms with Gasteiger partial charge in [0.1, 0.15) is 0 Å². The number of nitro groups is 1. The molecule has 0 atom stereocenters. The summed E-state index contributed by atoms with van der Waals surface area (Å²) in [6, 6.07) is 14.0. The first kappa shape index (κ1) is 24.4. The van der Waals surface area contributed by atoms with Crippen molar-refractivity contribution >= 4 is 39.0 Å². The highest BCUT2D eigenvalue weighted by Crippen LogP contribution is 2.25. The lowest BCUT2D eigenvalue weighted by molar-refractivity contribution is -0.384. The summed E-state index contributed by atoms with van der Waals surface area (Å²) in [6.45, 7) is 3.59. The number of hydrogen-bond acceptors (Lipinski definition) is 7. The predicted molar refractivity (Wildman–Crippen MR) is 126 cm³/mol. The van der Waals surface area contributed by atoms with E-state index in [1.54, 1.807) is 26.0 Å². The zero-order valence-electron chi connectivity index (χ0n) is 18.5. The fourth-order valence-corrected chi connectivity index (χ4v) is 4.38. The molecule has 11 heteroatoms. The van der Waals surface area contributed by atoms with Crippen LogP contribution in [0.5, 0.6) is 0 Å². The lowest BCUT2D eigenvalue weighted by Gasteiger charge is -2.13. The normalized spacial score (nSPS) is 10.9. The van der Waals surface area contributed by atoms with Gasteiger partial charge in [-0.3, -0.25) is 19.6 Å². The van der Waals surface area contributed by atoms with Gasteiger partial charge in [0, 0.05) is 23.4 Å². The smallest absolute Gasteiger partial charge is 0.338 e. The molecule has 3 aromatic rings. The van der Waals surface area contributed by atoms with Crippen molar-refractivity contribution in [3.8, 4) is 0 Å². The fraction of sp³-hybridized carbons (Fsp3) is 0.130. The van der Waals surface area contributed by atoms with Crippen molar-refractivity contribution in [3.63, 3.8) is 0 Å². The Labute approximate surface area is 195 Å². The number of rotatable bonds is 7. The first-order valence-electron chi connectivity index (χ1n) is 9.90. The van der Waals surface area contributed by atoms with Crippen molar-refractivity contribution < 1.29 is 27.7 Å². The maximum absolute atomic E-state index is 12.8. The number of amides is 1. The van der Waals surface area contributed by atoms with Gasteiger partial charge in [-0.15, -0.1) is 0 Å². The van der Waals surface area contributed by atoms with Crippen LogP contribution in [0.25, 0.3) is 0 Å². The van der Waals surface area contributed by atoms with E-state index in [-0.39, 0.29) is 21.7 Å². The number of esters is 1. The van der Waals surface area contributed by atoms with Crippen molar-refractivity contribution in [1.82, 2.24) is 0 Å². The number of anilines is 2. The number of para-hydroxylation sites is 1. The number of non-ortho nitro benzene ring substituents is 1. The minimum absolute atomic E-state index is 0.0171. The van der Waals surface area contributed by atoms with Gasteiger partial charge >= 0.3 is 5.97 Å². The van der Waals surface area contributed by atoms with E-state index in [1.807, 2.05) is 6.07 Å². The lowest BCUT2D eigenvalue weighted by atomic mass is 10.1. The summed E-state index contributed by atoms with van der Waals surface area (Å²) in [7, 11) is -2.76. The largest absolute Gasteiger partial charge is 0.465 e. The van der Waals surface area contributed by atoms with Crippen LogP contribution in [0, 0.1) is 24.0 Å². The highest BCUT2D eigenvalue weighted by Gasteiger charge is 2.20. The number of sulfonamides is 1. The Morgan fingerprint density at radius 1 is 0.941 bits per heavy atom. The quantitative estimate of drug-likeness (QED) is 0.293. The summed E-state index contributed by atoms with van der Waals surface area (Å²) in [6.07, 6.45) is 0. The molecule has 34 heavy (non-hydrogen) atoms. The molecule has 0 aromatic heterocycles. The molecule has 0 spiro atoms. The van der Waals surface area contributed by atoms with Crippen LogP contribution in [0.4, 0.5) is 17.1 Å². The van der Waals surface area contributed by atoms with Gasteiger partial charge in [-0.1, -0.05) is 18.2 Å². The first-order chi connectivity index (χ1) is 16.0. The molecule has 2 N–H and O–H groups in total. The second-order valence-corrected chi connectivity index (χ2v) is 9.05. The molecule has 0 aliphatic heterocycles. The number of methoxy groups -OCH3 is 1. The van der Waals surface area contributed by atoms with E-state index in [2.05, 4.69) is 14.8 Å². The number of nitro benzene ring substituents is 1. The van der Waals surface area contributed by atoms with Gasteiger partial charge in [0.25, 0.3) is 21.6 Å². The maximum Gasteiger partial charge on any atom is 0.338 e. The molecule has 10 nitrogen and oxygen atoms in total. The van der Waals surface area contributed by atoms with E-state index in [4.69, 9.17) is 0 Å². The third-order valence-electron chi connectivity index (χ3n) is 4.95. The zero-order chi connectivity index (χ0) is 25.0. The van der Waals surface area contributed by atoms with E-state index in [0.29, 0.717) is 5.69 Å². The van der Waals surface area contributed by atoms with Crippen LogP contribution in [-0.2, 0) is 14.8 Å². The Balaban J connectivity index is 1.82. The van der Waals surface area contributed by atoms with Crippen molar-refractivity contribution in [3.05, 3.63) is 93.0 Å². The van der Waals surface area contributed by atoms with Gasteiger partial charge in [0.2, 0.25) is 0 Å². The summed E-state index contributed by atoms with van der Waals surface area (Å²) < 4.78 is 32.7. The topological polar surface area (TPSA) is 145 Å². The Hall–Kier alpha value is -4.25. The standard InChI is InChI=1S/C23H21N3O7S/c1-14-5-4-6-15(2)21(14)25-34(31,32)20-9-7-18(8-10-20)24-22(27)16-11-17(23(28)33-3)13-19(12-16)26(29)30/h4-13,25H,1-3H3,(H,24,27). The van der Waals surface area contributed by atoms with E-state index in [1.165, 1.54) is 30.3 Å². The molecule has 0 aliphatic carbocycles. The van der Waals surface area contributed by atoms with E-state index < -0.39 is 32.5 Å². The molecule has 0 fully saturated rings. The molecule has 0 aliphatic rings. The van der Waals surface area contributed by atoms with Crippen LogP contribution >= 0.6 is 0 Å². The molecule has 3 aromatic carbocycles. The van der Waals surface area contributed by atoms with E-state index >= 15 is 0 Å². The zero-order valence-corrected chi connectivity index (χ0v) is 19.3. The van der Waals surface area contributed by atoms with Crippen LogP contribution in [0.2, 0.25) is 0 Å².